The van der Waals surface area contributed by atoms with Gasteiger partial charge in [0.15, 0.2) is 11.5 Å². The maximum absolute atomic E-state index is 13.4. The topological polar surface area (TPSA) is 90.3 Å². The van der Waals surface area contributed by atoms with Crippen LogP contribution in [-0.2, 0) is 11.0 Å². The van der Waals surface area contributed by atoms with Crippen LogP contribution in [0, 0.1) is 0 Å². The molecular formula is C22H18F3N5O3. The van der Waals surface area contributed by atoms with Gasteiger partial charge in [-0.3, -0.25) is 4.79 Å². The average molecular weight is 457 g/mol. The van der Waals surface area contributed by atoms with Crippen molar-refractivity contribution in [3.63, 3.8) is 0 Å². The van der Waals surface area contributed by atoms with Crippen molar-refractivity contribution in [2.75, 3.05) is 23.8 Å². The molecule has 2 aromatic carbocycles. The molecule has 33 heavy (non-hydrogen) atoms. The van der Waals surface area contributed by atoms with Crippen LogP contribution in [0.25, 0.3) is 5.70 Å². The van der Waals surface area contributed by atoms with E-state index >= 15 is 0 Å². The van der Waals surface area contributed by atoms with Crippen molar-refractivity contribution in [3.05, 3.63) is 65.5 Å². The molecule has 3 aromatic rings. The second-order valence-corrected chi connectivity index (χ2v) is 7.52. The summed E-state index contributed by atoms with van der Waals surface area (Å²) in [4.78, 5) is 15.1. The molecule has 0 fully saturated rings. The Morgan fingerprint density at radius 3 is 2.70 bits per heavy atom. The molecule has 0 unspecified atom stereocenters. The molecule has 5 rings (SSSR count). The van der Waals surface area contributed by atoms with E-state index in [1.807, 2.05) is 0 Å². The predicted molar refractivity (Wildman–Crippen MR) is 113 cm³/mol. The summed E-state index contributed by atoms with van der Waals surface area (Å²) in [5, 5.41) is 9.35. The number of ether oxygens (including phenoxy) is 2. The van der Waals surface area contributed by atoms with E-state index in [0.717, 1.165) is 0 Å². The molecule has 2 aliphatic heterocycles. The van der Waals surface area contributed by atoms with E-state index in [2.05, 4.69) is 20.7 Å². The molecule has 1 aromatic heterocycles. The third kappa shape index (κ3) is 4.09. The molecule has 0 saturated carbocycles. The van der Waals surface area contributed by atoms with E-state index in [1.54, 1.807) is 48.5 Å². The summed E-state index contributed by atoms with van der Waals surface area (Å²) in [7, 11) is 0. The Hall–Kier alpha value is -4.02. The maximum Gasteiger partial charge on any atom is 0.453 e. The Balaban J connectivity index is 1.60. The number of hydrogen-bond acceptors (Lipinski definition) is 6. The van der Waals surface area contributed by atoms with Gasteiger partial charge in [-0.15, -0.1) is 5.10 Å². The smallest absolute Gasteiger partial charge is 0.453 e. The lowest BCUT2D eigenvalue weighted by molar-refractivity contribution is -0.145. The molecule has 0 saturated heterocycles. The number of carbonyl (C=O) groups excluding carboxylic acids is 1. The number of carbonyl (C=O) groups is 1. The third-order valence-corrected chi connectivity index (χ3v) is 5.12. The lowest BCUT2D eigenvalue weighted by Gasteiger charge is -2.26. The Labute approximate surface area is 186 Å². The van der Waals surface area contributed by atoms with Crippen molar-refractivity contribution in [2.45, 2.75) is 19.1 Å². The van der Waals surface area contributed by atoms with E-state index in [0.29, 0.717) is 47.2 Å². The SMILES string of the molecule is CC(=O)Nc1cccc(C2=C[C@H](c3ccc4c(c3)OCCO4)n3nc(C(F)(F)F)nc3N2)c1. The third-order valence-electron chi connectivity index (χ3n) is 5.12. The number of halogens is 3. The summed E-state index contributed by atoms with van der Waals surface area (Å²) in [5.41, 5.74) is 2.39. The lowest BCUT2D eigenvalue weighted by atomic mass is 10.0. The first-order chi connectivity index (χ1) is 15.8. The first-order valence-electron chi connectivity index (χ1n) is 10.1. The van der Waals surface area contributed by atoms with Crippen molar-refractivity contribution < 1.29 is 27.4 Å². The number of fused-ring (bicyclic) bond motifs is 2. The molecule has 1 atom stereocenters. The van der Waals surface area contributed by atoms with Crippen LogP contribution in [0.1, 0.15) is 29.9 Å². The molecule has 0 bridgehead atoms. The minimum absolute atomic E-state index is 0.0513. The highest BCUT2D eigenvalue weighted by Gasteiger charge is 2.39. The summed E-state index contributed by atoms with van der Waals surface area (Å²) in [6.45, 7) is 2.20. The van der Waals surface area contributed by atoms with Gasteiger partial charge >= 0.3 is 6.18 Å². The molecule has 0 radical (unpaired) electrons. The molecular weight excluding hydrogens is 439 g/mol. The second-order valence-electron chi connectivity index (χ2n) is 7.52. The van der Waals surface area contributed by atoms with Crippen LogP contribution in [0.5, 0.6) is 11.5 Å². The Morgan fingerprint density at radius 2 is 1.94 bits per heavy atom. The summed E-state index contributed by atoms with van der Waals surface area (Å²) in [6.07, 6.45) is -2.95. The van der Waals surface area contributed by atoms with Gasteiger partial charge in [0.2, 0.25) is 11.9 Å². The zero-order valence-electron chi connectivity index (χ0n) is 17.3. The fraction of sp³-hybridized carbons (Fsp3) is 0.227. The van der Waals surface area contributed by atoms with Crippen LogP contribution >= 0.6 is 0 Å². The van der Waals surface area contributed by atoms with Crippen molar-refractivity contribution in [3.8, 4) is 11.5 Å². The molecule has 170 valence electrons. The van der Waals surface area contributed by atoms with Crippen LogP contribution in [0.2, 0.25) is 0 Å². The summed E-state index contributed by atoms with van der Waals surface area (Å²) >= 11 is 0. The van der Waals surface area contributed by atoms with Gasteiger partial charge < -0.3 is 20.1 Å². The van der Waals surface area contributed by atoms with Crippen LogP contribution < -0.4 is 20.1 Å². The van der Waals surface area contributed by atoms with Gasteiger partial charge in [-0.25, -0.2) is 4.68 Å². The van der Waals surface area contributed by atoms with Gasteiger partial charge in [-0.05, 0) is 41.5 Å². The predicted octanol–water partition coefficient (Wildman–Crippen LogP) is 4.08. The van der Waals surface area contributed by atoms with E-state index in [9.17, 15) is 18.0 Å². The highest BCUT2D eigenvalue weighted by atomic mass is 19.4. The largest absolute Gasteiger partial charge is 0.486 e. The summed E-state index contributed by atoms with van der Waals surface area (Å²) in [5.74, 6) is -0.446. The van der Waals surface area contributed by atoms with Gasteiger partial charge in [0.1, 0.15) is 19.3 Å². The number of amides is 1. The summed E-state index contributed by atoms with van der Waals surface area (Å²) in [6, 6.07) is 11.5. The number of nitrogens with one attached hydrogen (secondary N) is 2. The minimum Gasteiger partial charge on any atom is -0.486 e. The number of benzene rings is 2. The molecule has 0 spiro atoms. The maximum atomic E-state index is 13.4. The highest BCUT2D eigenvalue weighted by molar-refractivity contribution is 5.89. The van der Waals surface area contributed by atoms with Gasteiger partial charge in [-0.1, -0.05) is 18.2 Å². The van der Waals surface area contributed by atoms with Crippen molar-refractivity contribution >= 4 is 23.2 Å². The number of nitrogens with zero attached hydrogens (tertiary/aromatic N) is 3. The lowest BCUT2D eigenvalue weighted by Crippen LogP contribution is -2.21. The van der Waals surface area contributed by atoms with E-state index in [4.69, 9.17) is 9.47 Å². The van der Waals surface area contributed by atoms with Crippen molar-refractivity contribution in [1.82, 2.24) is 14.8 Å². The van der Waals surface area contributed by atoms with Crippen molar-refractivity contribution in [2.24, 2.45) is 0 Å². The molecule has 0 aliphatic carbocycles. The normalized spacial score (nSPS) is 17.0. The van der Waals surface area contributed by atoms with Crippen LogP contribution in [-0.4, -0.2) is 33.9 Å². The molecule has 2 N–H and O–H groups in total. The summed E-state index contributed by atoms with van der Waals surface area (Å²) < 4.78 is 52.5. The molecule has 3 heterocycles. The average Bonchev–Trinajstić information content (AvgIpc) is 3.23. The van der Waals surface area contributed by atoms with Gasteiger partial charge in [0, 0.05) is 18.3 Å². The highest BCUT2D eigenvalue weighted by Crippen LogP contribution is 2.39. The monoisotopic (exact) mass is 457 g/mol. The number of rotatable bonds is 3. The number of allylic oxidation sites excluding steroid dienone is 1. The van der Waals surface area contributed by atoms with E-state index < -0.39 is 18.0 Å². The van der Waals surface area contributed by atoms with Crippen LogP contribution in [0.3, 0.4) is 0 Å². The quantitative estimate of drug-likeness (QED) is 0.616. The standard InChI is InChI=1S/C22H18F3N5O3/c1-12(31)26-15-4-2-3-13(9-15)16-11-17(14-5-6-18-19(10-14)33-8-7-32-18)30-21(27-16)28-20(29-30)22(23,24)25/h2-6,9-11,17H,7-8H2,1H3,(H,26,31)(H,27,28,29)/t17-/m1/s1. The van der Waals surface area contributed by atoms with Gasteiger partial charge in [0.25, 0.3) is 5.82 Å². The van der Waals surface area contributed by atoms with E-state index in [1.165, 1.54) is 11.6 Å². The minimum atomic E-state index is -4.70. The molecule has 1 amide bonds. The number of anilines is 2. The molecule has 11 heteroatoms. The number of hydrogen-bond donors (Lipinski definition) is 2. The van der Waals surface area contributed by atoms with Crippen LogP contribution in [0.4, 0.5) is 24.8 Å². The number of aromatic nitrogens is 3. The van der Waals surface area contributed by atoms with Gasteiger partial charge in [0.05, 0.1) is 0 Å². The fourth-order valence-electron chi connectivity index (χ4n) is 3.73. The Morgan fingerprint density at radius 1 is 1.15 bits per heavy atom. The first-order valence-corrected chi connectivity index (χ1v) is 10.1. The van der Waals surface area contributed by atoms with Crippen LogP contribution in [0.15, 0.2) is 48.5 Å². The Kier molecular flexibility index (Phi) is 4.95. The Bertz CT molecular complexity index is 1270. The zero-order chi connectivity index (χ0) is 23.2. The first kappa shape index (κ1) is 20.9. The second kappa shape index (κ2) is 7.84. The van der Waals surface area contributed by atoms with E-state index in [-0.39, 0.29) is 11.9 Å². The van der Waals surface area contributed by atoms with Crippen molar-refractivity contribution in [1.29, 1.82) is 0 Å². The fourth-order valence-corrected chi connectivity index (χ4v) is 3.73. The number of alkyl halides is 3. The van der Waals surface area contributed by atoms with Gasteiger partial charge in [-0.2, -0.15) is 18.2 Å². The molecule has 2 aliphatic rings. The zero-order valence-corrected chi connectivity index (χ0v) is 17.3. The molecule has 8 nitrogen and oxygen atoms in total.